The van der Waals surface area contributed by atoms with Gasteiger partial charge in [-0.2, -0.15) is 10.4 Å². The van der Waals surface area contributed by atoms with Gasteiger partial charge in [0.25, 0.3) is 5.88 Å². The van der Waals surface area contributed by atoms with Gasteiger partial charge in [0.1, 0.15) is 17.6 Å². The standard InChI is InChI=1S/C18H22N4O3/c1-5-12(6-2)17-21-15(10-19)18(25-17)22-20-11-13-7-8-14(23-3)9-16(13)24-4/h7-9,11-12,22H,5-6H2,1-4H3/b20-11+. The summed E-state index contributed by atoms with van der Waals surface area (Å²) >= 11 is 0. The number of benzene rings is 1. The van der Waals surface area contributed by atoms with Crippen molar-refractivity contribution in [2.45, 2.75) is 32.6 Å². The molecule has 0 radical (unpaired) electrons. The molecule has 0 bridgehead atoms. The van der Waals surface area contributed by atoms with Crippen molar-refractivity contribution >= 4 is 12.1 Å². The van der Waals surface area contributed by atoms with Crippen molar-refractivity contribution in [3.63, 3.8) is 0 Å². The van der Waals surface area contributed by atoms with Gasteiger partial charge in [-0.15, -0.1) is 0 Å². The molecule has 0 aliphatic carbocycles. The molecule has 132 valence electrons. The van der Waals surface area contributed by atoms with Crippen LogP contribution in [0.4, 0.5) is 5.88 Å². The quantitative estimate of drug-likeness (QED) is 0.577. The lowest BCUT2D eigenvalue weighted by Gasteiger charge is -2.07. The van der Waals surface area contributed by atoms with Crippen LogP contribution in [0.2, 0.25) is 0 Å². The molecule has 1 heterocycles. The second-order valence-electron chi connectivity index (χ2n) is 5.33. The van der Waals surface area contributed by atoms with Crippen molar-refractivity contribution in [2.24, 2.45) is 5.10 Å². The number of oxazole rings is 1. The molecule has 0 spiro atoms. The Balaban J connectivity index is 2.18. The van der Waals surface area contributed by atoms with Gasteiger partial charge >= 0.3 is 0 Å². The third-order valence-corrected chi connectivity index (χ3v) is 3.89. The average Bonchev–Trinajstić information content (AvgIpc) is 3.06. The zero-order valence-corrected chi connectivity index (χ0v) is 14.9. The number of methoxy groups -OCH3 is 2. The van der Waals surface area contributed by atoms with Gasteiger partial charge in [0.15, 0.2) is 0 Å². The number of nitriles is 1. The molecule has 0 atom stereocenters. The molecule has 0 saturated heterocycles. The van der Waals surface area contributed by atoms with Gasteiger partial charge in [-0.3, -0.25) is 0 Å². The van der Waals surface area contributed by atoms with E-state index in [0.717, 1.165) is 18.4 Å². The number of hydrazone groups is 1. The Morgan fingerprint density at radius 2 is 2.08 bits per heavy atom. The van der Waals surface area contributed by atoms with Gasteiger partial charge in [-0.25, -0.2) is 10.4 Å². The SMILES string of the molecule is CCC(CC)c1nc(C#N)c(N/N=C/c2ccc(OC)cc2OC)o1. The minimum absolute atomic E-state index is 0.188. The van der Waals surface area contributed by atoms with Crippen molar-refractivity contribution in [1.29, 1.82) is 5.26 Å². The van der Waals surface area contributed by atoms with Gasteiger partial charge in [-0.05, 0) is 25.0 Å². The van der Waals surface area contributed by atoms with Crippen LogP contribution in [-0.2, 0) is 0 Å². The maximum absolute atomic E-state index is 9.22. The second-order valence-corrected chi connectivity index (χ2v) is 5.33. The lowest BCUT2D eigenvalue weighted by molar-refractivity contribution is 0.394. The number of hydrogen-bond acceptors (Lipinski definition) is 7. The normalized spacial score (nSPS) is 10.9. The van der Waals surface area contributed by atoms with Crippen LogP contribution in [0.5, 0.6) is 11.5 Å². The minimum atomic E-state index is 0.188. The number of hydrogen-bond donors (Lipinski definition) is 1. The molecule has 0 unspecified atom stereocenters. The van der Waals surface area contributed by atoms with E-state index >= 15 is 0 Å². The largest absolute Gasteiger partial charge is 0.497 e. The maximum atomic E-state index is 9.22. The molecule has 0 aliphatic heterocycles. The lowest BCUT2D eigenvalue weighted by atomic mass is 10.0. The Kier molecular flexibility index (Phi) is 6.40. The maximum Gasteiger partial charge on any atom is 0.252 e. The molecule has 1 aromatic heterocycles. The van der Waals surface area contributed by atoms with Crippen molar-refractivity contribution in [3.05, 3.63) is 35.3 Å². The molecule has 0 aliphatic rings. The molecule has 2 aromatic rings. The Hall–Kier alpha value is -3.01. The Bertz CT molecular complexity index is 773. The molecule has 1 N–H and O–H groups in total. The summed E-state index contributed by atoms with van der Waals surface area (Å²) in [4.78, 5) is 4.25. The minimum Gasteiger partial charge on any atom is -0.497 e. The molecule has 2 rings (SSSR count). The number of anilines is 1. The van der Waals surface area contributed by atoms with E-state index in [9.17, 15) is 5.26 Å². The molecule has 7 nitrogen and oxygen atoms in total. The van der Waals surface area contributed by atoms with Gasteiger partial charge in [0.05, 0.1) is 20.4 Å². The molecule has 1 aromatic carbocycles. The predicted molar refractivity (Wildman–Crippen MR) is 95.3 cm³/mol. The smallest absolute Gasteiger partial charge is 0.252 e. The number of rotatable bonds is 8. The summed E-state index contributed by atoms with van der Waals surface area (Å²) in [5, 5.41) is 13.3. The van der Waals surface area contributed by atoms with Gasteiger partial charge in [-0.1, -0.05) is 13.8 Å². The van der Waals surface area contributed by atoms with Crippen molar-refractivity contribution < 1.29 is 13.9 Å². The second kappa shape index (κ2) is 8.73. The summed E-state index contributed by atoms with van der Waals surface area (Å²) < 4.78 is 16.1. The fourth-order valence-electron chi connectivity index (χ4n) is 2.39. The van der Waals surface area contributed by atoms with E-state index < -0.39 is 0 Å². The topological polar surface area (TPSA) is 92.7 Å². The Morgan fingerprint density at radius 3 is 2.68 bits per heavy atom. The van der Waals surface area contributed by atoms with Gasteiger partial charge in [0.2, 0.25) is 11.6 Å². The lowest BCUT2D eigenvalue weighted by Crippen LogP contribution is -1.95. The fourth-order valence-corrected chi connectivity index (χ4v) is 2.39. The third-order valence-electron chi connectivity index (χ3n) is 3.89. The summed E-state index contributed by atoms with van der Waals surface area (Å²) in [5.41, 5.74) is 3.70. The van der Waals surface area contributed by atoms with E-state index in [1.807, 2.05) is 18.2 Å². The van der Waals surface area contributed by atoms with E-state index in [1.54, 1.807) is 26.5 Å². The first-order chi connectivity index (χ1) is 12.2. The Morgan fingerprint density at radius 1 is 1.32 bits per heavy atom. The summed E-state index contributed by atoms with van der Waals surface area (Å²) in [5.74, 6) is 2.31. The van der Waals surface area contributed by atoms with Crippen molar-refractivity contribution in [1.82, 2.24) is 4.98 Å². The average molecular weight is 342 g/mol. The first kappa shape index (κ1) is 18.3. The highest BCUT2D eigenvalue weighted by Gasteiger charge is 2.18. The first-order valence-electron chi connectivity index (χ1n) is 8.08. The molecule has 0 amide bonds. The fraction of sp³-hybridized carbons (Fsp3) is 0.389. The zero-order valence-electron chi connectivity index (χ0n) is 14.9. The number of nitrogens with one attached hydrogen (secondary N) is 1. The summed E-state index contributed by atoms with van der Waals surface area (Å²) in [7, 11) is 3.17. The molecule has 7 heteroatoms. The first-order valence-corrected chi connectivity index (χ1v) is 8.08. The zero-order chi connectivity index (χ0) is 18.2. The van der Waals surface area contributed by atoms with Crippen LogP contribution in [0.1, 0.15) is 49.8 Å². The number of ether oxygens (including phenoxy) is 2. The highest BCUT2D eigenvalue weighted by Crippen LogP contribution is 2.27. The Labute approximate surface area is 147 Å². The van der Waals surface area contributed by atoms with Crippen LogP contribution in [0.25, 0.3) is 0 Å². The van der Waals surface area contributed by atoms with E-state index in [4.69, 9.17) is 13.9 Å². The van der Waals surface area contributed by atoms with Crippen LogP contribution in [0.15, 0.2) is 27.7 Å². The van der Waals surface area contributed by atoms with Crippen LogP contribution >= 0.6 is 0 Å². The number of aromatic nitrogens is 1. The van der Waals surface area contributed by atoms with Crippen LogP contribution < -0.4 is 14.9 Å². The number of nitrogens with zero attached hydrogens (tertiary/aromatic N) is 3. The van der Waals surface area contributed by atoms with Crippen molar-refractivity contribution in [2.75, 3.05) is 19.6 Å². The molecular weight excluding hydrogens is 320 g/mol. The predicted octanol–water partition coefficient (Wildman–Crippen LogP) is 3.91. The highest BCUT2D eigenvalue weighted by molar-refractivity contribution is 5.84. The molecule has 0 fully saturated rings. The van der Waals surface area contributed by atoms with Crippen molar-refractivity contribution in [3.8, 4) is 17.6 Å². The molecule has 25 heavy (non-hydrogen) atoms. The monoisotopic (exact) mass is 342 g/mol. The summed E-state index contributed by atoms with van der Waals surface area (Å²) in [6.07, 6.45) is 3.38. The molecule has 0 saturated carbocycles. The third kappa shape index (κ3) is 4.29. The van der Waals surface area contributed by atoms with E-state index in [0.29, 0.717) is 17.4 Å². The van der Waals surface area contributed by atoms with Crippen LogP contribution in [-0.4, -0.2) is 25.4 Å². The highest BCUT2D eigenvalue weighted by atomic mass is 16.5. The van der Waals surface area contributed by atoms with Crippen LogP contribution in [0, 0.1) is 11.3 Å². The van der Waals surface area contributed by atoms with Gasteiger partial charge in [0, 0.05) is 17.5 Å². The molecular formula is C18H22N4O3. The van der Waals surface area contributed by atoms with E-state index in [1.165, 1.54) is 0 Å². The van der Waals surface area contributed by atoms with E-state index in [-0.39, 0.29) is 17.5 Å². The van der Waals surface area contributed by atoms with E-state index in [2.05, 4.69) is 29.4 Å². The van der Waals surface area contributed by atoms with Gasteiger partial charge < -0.3 is 13.9 Å². The van der Waals surface area contributed by atoms with Crippen LogP contribution in [0.3, 0.4) is 0 Å². The summed E-state index contributed by atoms with van der Waals surface area (Å²) in [6.45, 7) is 4.12. The summed E-state index contributed by atoms with van der Waals surface area (Å²) in [6, 6.07) is 7.42.